The van der Waals surface area contributed by atoms with Gasteiger partial charge in [0.15, 0.2) is 11.5 Å². The zero-order chi connectivity index (χ0) is 14.0. The van der Waals surface area contributed by atoms with Crippen molar-refractivity contribution in [3.63, 3.8) is 0 Å². The highest BCUT2D eigenvalue weighted by Crippen LogP contribution is 2.33. The van der Waals surface area contributed by atoms with Gasteiger partial charge in [0.1, 0.15) is 0 Å². The Labute approximate surface area is 116 Å². The van der Waals surface area contributed by atoms with Crippen molar-refractivity contribution in [2.24, 2.45) is 11.8 Å². The zero-order valence-electron chi connectivity index (χ0n) is 12.4. The maximum atomic E-state index is 9.67. The van der Waals surface area contributed by atoms with Gasteiger partial charge in [-0.05, 0) is 42.9 Å². The topological polar surface area (TPSA) is 32.7 Å². The van der Waals surface area contributed by atoms with Crippen LogP contribution in [0, 0.1) is 11.8 Å². The number of piperidine rings is 1. The quantitative estimate of drug-likeness (QED) is 0.906. The van der Waals surface area contributed by atoms with Crippen LogP contribution < -0.4 is 4.74 Å². The second-order valence-electron chi connectivity index (χ2n) is 6.01. The molecule has 0 aromatic heterocycles. The van der Waals surface area contributed by atoms with E-state index in [1.165, 1.54) is 12.0 Å². The Hall–Kier alpha value is -1.22. The molecule has 3 heteroatoms. The van der Waals surface area contributed by atoms with Crippen molar-refractivity contribution in [1.29, 1.82) is 0 Å². The molecule has 1 fully saturated rings. The summed E-state index contributed by atoms with van der Waals surface area (Å²) < 4.78 is 5.20. The fraction of sp³-hybridized carbons (Fsp3) is 0.625. The molecule has 0 bridgehead atoms. The summed E-state index contributed by atoms with van der Waals surface area (Å²) in [5, 5.41) is 9.67. The van der Waals surface area contributed by atoms with Crippen molar-refractivity contribution in [2.45, 2.75) is 33.2 Å². The van der Waals surface area contributed by atoms with Crippen LogP contribution in [-0.4, -0.2) is 30.2 Å². The van der Waals surface area contributed by atoms with Crippen LogP contribution in [0.5, 0.6) is 11.5 Å². The van der Waals surface area contributed by atoms with E-state index in [9.17, 15) is 5.11 Å². The molecule has 1 aromatic carbocycles. The van der Waals surface area contributed by atoms with E-state index < -0.39 is 0 Å². The van der Waals surface area contributed by atoms with Crippen LogP contribution in [0.1, 0.15) is 38.8 Å². The van der Waals surface area contributed by atoms with Gasteiger partial charge in [-0.1, -0.05) is 19.9 Å². The SMILES string of the molecule is COc1cc(C(C)N2CC(C)CC(C)C2)ccc1O. The molecule has 1 aliphatic rings. The third-order valence-electron chi connectivity index (χ3n) is 4.13. The standard InChI is InChI=1S/C16H25NO2/c1-11-7-12(2)10-17(9-11)13(3)14-5-6-15(18)16(8-14)19-4/h5-6,8,11-13,18H,7,9-10H2,1-4H3. The number of aromatic hydroxyl groups is 1. The van der Waals surface area contributed by atoms with Gasteiger partial charge in [-0.3, -0.25) is 4.90 Å². The average Bonchev–Trinajstić information content (AvgIpc) is 2.37. The smallest absolute Gasteiger partial charge is 0.160 e. The van der Waals surface area contributed by atoms with Crippen LogP contribution >= 0.6 is 0 Å². The summed E-state index contributed by atoms with van der Waals surface area (Å²) in [4.78, 5) is 2.53. The molecule has 1 saturated heterocycles. The van der Waals surface area contributed by atoms with Crippen LogP contribution in [0.25, 0.3) is 0 Å². The molecule has 1 aliphatic heterocycles. The molecule has 1 heterocycles. The Morgan fingerprint density at radius 3 is 2.47 bits per heavy atom. The lowest BCUT2D eigenvalue weighted by Crippen LogP contribution is -2.40. The van der Waals surface area contributed by atoms with E-state index in [-0.39, 0.29) is 5.75 Å². The van der Waals surface area contributed by atoms with Gasteiger partial charge in [0.05, 0.1) is 7.11 Å². The Kier molecular flexibility index (Phi) is 4.35. The molecular formula is C16H25NO2. The fourth-order valence-corrected chi connectivity index (χ4v) is 3.19. The Bertz CT molecular complexity index is 423. The van der Waals surface area contributed by atoms with Crippen molar-refractivity contribution in [3.05, 3.63) is 23.8 Å². The van der Waals surface area contributed by atoms with E-state index in [1.54, 1.807) is 13.2 Å². The van der Waals surface area contributed by atoms with Gasteiger partial charge < -0.3 is 9.84 Å². The lowest BCUT2D eigenvalue weighted by atomic mass is 9.90. The summed E-state index contributed by atoms with van der Waals surface area (Å²) in [5.41, 5.74) is 1.20. The van der Waals surface area contributed by atoms with Gasteiger partial charge in [-0.15, -0.1) is 0 Å². The molecule has 3 nitrogen and oxygen atoms in total. The Morgan fingerprint density at radius 1 is 1.26 bits per heavy atom. The maximum Gasteiger partial charge on any atom is 0.160 e. The molecule has 0 spiro atoms. The minimum Gasteiger partial charge on any atom is -0.504 e. The van der Waals surface area contributed by atoms with E-state index >= 15 is 0 Å². The summed E-state index contributed by atoms with van der Waals surface area (Å²) in [5.74, 6) is 2.27. The lowest BCUT2D eigenvalue weighted by Gasteiger charge is -2.39. The van der Waals surface area contributed by atoms with Gasteiger partial charge in [0.25, 0.3) is 0 Å². The average molecular weight is 263 g/mol. The second kappa shape index (κ2) is 5.83. The highest BCUT2D eigenvalue weighted by molar-refractivity contribution is 5.42. The number of likely N-dealkylation sites (tertiary alicyclic amines) is 1. The number of phenolic OH excluding ortho intramolecular Hbond substituents is 1. The molecule has 19 heavy (non-hydrogen) atoms. The summed E-state index contributed by atoms with van der Waals surface area (Å²) in [6.45, 7) is 9.18. The van der Waals surface area contributed by atoms with Crippen LogP contribution in [0.2, 0.25) is 0 Å². The molecule has 1 N–H and O–H groups in total. The third kappa shape index (κ3) is 3.21. The minimum absolute atomic E-state index is 0.207. The third-order valence-corrected chi connectivity index (χ3v) is 4.13. The second-order valence-corrected chi connectivity index (χ2v) is 6.01. The minimum atomic E-state index is 0.207. The monoisotopic (exact) mass is 263 g/mol. The molecular weight excluding hydrogens is 238 g/mol. The number of hydrogen-bond donors (Lipinski definition) is 1. The van der Waals surface area contributed by atoms with E-state index in [4.69, 9.17) is 4.74 Å². The van der Waals surface area contributed by atoms with Gasteiger partial charge in [-0.25, -0.2) is 0 Å². The molecule has 3 unspecified atom stereocenters. The summed E-state index contributed by atoms with van der Waals surface area (Å²) in [7, 11) is 1.59. The van der Waals surface area contributed by atoms with Crippen molar-refractivity contribution in [3.8, 4) is 11.5 Å². The number of rotatable bonds is 3. The normalized spacial score (nSPS) is 26.1. The number of methoxy groups -OCH3 is 1. The van der Waals surface area contributed by atoms with Gasteiger partial charge in [-0.2, -0.15) is 0 Å². The predicted molar refractivity (Wildman–Crippen MR) is 77.6 cm³/mol. The number of ether oxygens (including phenoxy) is 1. The molecule has 1 aromatic rings. The molecule has 3 atom stereocenters. The Morgan fingerprint density at radius 2 is 1.89 bits per heavy atom. The fourth-order valence-electron chi connectivity index (χ4n) is 3.19. The molecule has 0 amide bonds. The largest absolute Gasteiger partial charge is 0.504 e. The van der Waals surface area contributed by atoms with E-state index in [0.29, 0.717) is 11.8 Å². The van der Waals surface area contributed by atoms with Crippen LogP contribution in [-0.2, 0) is 0 Å². The van der Waals surface area contributed by atoms with Crippen molar-refractivity contribution >= 4 is 0 Å². The first-order valence-electron chi connectivity index (χ1n) is 7.12. The summed E-state index contributed by atoms with van der Waals surface area (Å²) in [6, 6.07) is 6.03. The first-order valence-corrected chi connectivity index (χ1v) is 7.12. The highest BCUT2D eigenvalue weighted by atomic mass is 16.5. The number of phenols is 1. The molecule has 106 valence electrons. The first kappa shape index (κ1) is 14.2. The van der Waals surface area contributed by atoms with Gasteiger partial charge >= 0.3 is 0 Å². The molecule has 0 aliphatic carbocycles. The molecule has 0 radical (unpaired) electrons. The van der Waals surface area contributed by atoms with Gasteiger partial charge in [0.2, 0.25) is 0 Å². The summed E-state index contributed by atoms with van der Waals surface area (Å²) >= 11 is 0. The zero-order valence-corrected chi connectivity index (χ0v) is 12.4. The van der Waals surface area contributed by atoms with E-state index in [2.05, 4.69) is 25.7 Å². The molecule has 2 rings (SSSR count). The van der Waals surface area contributed by atoms with Crippen LogP contribution in [0.3, 0.4) is 0 Å². The predicted octanol–water partition coefficient (Wildman–Crippen LogP) is 3.44. The van der Waals surface area contributed by atoms with Crippen LogP contribution in [0.4, 0.5) is 0 Å². The van der Waals surface area contributed by atoms with Crippen LogP contribution in [0.15, 0.2) is 18.2 Å². The van der Waals surface area contributed by atoms with E-state index in [1.807, 2.05) is 12.1 Å². The number of benzene rings is 1. The maximum absolute atomic E-state index is 9.67. The lowest BCUT2D eigenvalue weighted by molar-refractivity contribution is 0.103. The highest BCUT2D eigenvalue weighted by Gasteiger charge is 2.26. The number of nitrogens with zero attached hydrogens (tertiary/aromatic N) is 1. The van der Waals surface area contributed by atoms with Gasteiger partial charge in [0, 0.05) is 19.1 Å². The molecule has 0 saturated carbocycles. The number of hydrogen-bond acceptors (Lipinski definition) is 3. The first-order chi connectivity index (χ1) is 9.01. The van der Waals surface area contributed by atoms with Crippen molar-refractivity contribution in [2.75, 3.05) is 20.2 Å². The van der Waals surface area contributed by atoms with Crippen molar-refractivity contribution < 1.29 is 9.84 Å². The summed E-state index contributed by atoms with van der Waals surface area (Å²) in [6.07, 6.45) is 1.32. The van der Waals surface area contributed by atoms with E-state index in [0.717, 1.165) is 24.9 Å². The van der Waals surface area contributed by atoms with Crippen molar-refractivity contribution in [1.82, 2.24) is 4.90 Å². The Balaban J connectivity index is 2.16.